The van der Waals surface area contributed by atoms with E-state index in [2.05, 4.69) is 46.9 Å². The maximum Gasteiger partial charge on any atom is 0.0702 e. The summed E-state index contributed by atoms with van der Waals surface area (Å²) in [7, 11) is 2.21. The zero-order valence-electron chi connectivity index (χ0n) is 11.6. The van der Waals surface area contributed by atoms with E-state index in [4.69, 9.17) is 10.5 Å². The lowest BCUT2D eigenvalue weighted by Gasteiger charge is -2.39. The molecular formula is C14H23BrN2OS. The average molecular weight is 347 g/mol. The Balaban J connectivity index is 2.16. The van der Waals surface area contributed by atoms with Crippen LogP contribution in [-0.2, 0) is 4.74 Å². The lowest BCUT2D eigenvalue weighted by Crippen LogP contribution is -2.45. The molecule has 2 heterocycles. The van der Waals surface area contributed by atoms with Crippen LogP contribution in [0.5, 0.6) is 0 Å². The van der Waals surface area contributed by atoms with Crippen molar-refractivity contribution in [1.29, 1.82) is 0 Å². The van der Waals surface area contributed by atoms with Gasteiger partial charge in [-0.05, 0) is 54.4 Å². The molecule has 1 aromatic rings. The highest BCUT2D eigenvalue weighted by Gasteiger charge is 2.30. The van der Waals surface area contributed by atoms with Gasteiger partial charge in [-0.1, -0.05) is 6.92 Å². The molecule has 1 fully saturated rings. The van der Waals surface area contributed by atoms with Crippen LogP contribution in [0.4, 0.5) is 0 Å². The smallest absolute Gasteiger partial charge is 0.0702 e. The van der Waals surface area contributed by atoms with E-state index in [-0.39, 0.29) is 6.04 Å². The van der Waals surface area contributed by atoms with Crippen molar-refractivity contribution >= 4 is 27.3 Å². The summed E-state index contributed by atoms with van der Waals surface area (Å²) in [4.78, 5) is 3.82. The standard InChI is InChI=1S/C14H23BrN2OS/c1-3-11(16)14(12-4-5-13(15)19-12)17(2)10-6-8-18-9-7-10/h4-5,10-11,14H,3,6-9,16H2,1-2H3. The molecule has 0 saturated carbocycles. The molecule has 2 rings (SSSR count). The van der Waals surface area contributed by atoms with E-state index in [0.717, 1.165) is 32.5 Å². The molecule has 0 aliphatic carbocycles. The third-order valence-corrected chi connectivity index (χ3v) is 5.66. The van der Waals surface area contributed by atoms with Crippen LogP contribution in [-0.4, -0.2) is 37.2 Å². The van der Waals surface area contributed by atoms with E-state index in [9.17, 15) is 0 Å². The van der Waals surface area contributed by atoms with Gasteiger partial charge in [0.2, 0.25) is 0 Å². The van der Waals surface area contributed by atoms with Crippen molar-refractivity contribution < 1.29 is 4.74 Å². The SMILES string of the molecule is CCC(N)C(c1ccc(Br)s1)N(C)C1CCOCC1. The molecule has 1 aromatic heterocycles. The Morgan fingerprint density at radius 2 is 2.16 bits per heavy atom. The Bertz CT molecular complexity index is 393. The summed E-state index contributed by atoms with van der Waals surface area (Å²) in [6.07, 6.45) is 3.21. The molecular weight excluding hydrogens is 324 g/mol. The molecule has 2 unspecified atom stereocenters. The highest BCUT2D eigenvalue weighted by molar-refractivity contribution is 9.11. The summed E-state index contributed by atoms with van der Waals surface area (Å²) in [6.45, 7) is 3.91. The Kier molecular flexibility index (Phi) is 5.84. The molecule has 2 N–H and O–H groups in total. The topological polar surface area (TPSA) is 38.5 Å². The highest BCUT2D eigenvalue weighted by atomic mass is 79.9. The molecule has 0 amide bonds. The molecule has 0 spiro atoms. The predicted octanol–water partition coefficient (Wildman–Crippen LogP) is 3.40. The molecule has 1 saturated heterocycles. The van der Waals surface area contributed by atoms with Gasteiger partial charge in [0, 0.05) is 30.2 Å². The molecule has 0 aromatic carbocycles. The Morgan fingerprint density at radius 1 is 1.47 bits per heavy atom. The molecule has 108 valence electrons. The Labute approximate surface area is 128 Å². The monoisotopic (exact) mass is 346 g/mol. The first kappa shape index (κ1) is 15.4. The molecule has 0 radical (unpaired) electrons. The van der Waals surface area contributed by atoms with Gasteiger partial charge in [0.1, 0.15) is 0 Å². The van der Waals surface area contributed by atoms with Gasteiger partial charge in [-0.15, -0.1) is 11.3 Å². The number of halogens is 1. The zero-order valence-corrected chi connectivity index (χ0v) is 14.0. The van der Waals surface area contributed by atoms with Crippen molar-refractivity contribution in [2.24, 2.45) is 5.73 Å². The van der Waals surface area contributed by atoms with E-state index in [1.807, 2.05) is 0 Å². The van der Waals surface area contributed by atoms with Crippen molar-refractivity contribution in [1.82, 2.24) is 4.90 Å². The Hall–Kier alpha value is 0.0600. The highest BCUT2D eigenvalue weighted by Crippen LogP contribution is 2.34. The molecule has 2 atom stereocenters. The van der Waals surface area contributed by atoms with Gasteiger partial charge in [0.05, 0.1) is 9.83 Å². The van der Waals surface area contributed by atoms with Gasteiger partial charge in [-0.3, -0.25) is 4.90 Å². The van der Waals surface area contributed by atoms with Crippen molar-refractivity contribution in [3.63, 3.8) is 0 Å². The third-order valence-electron chi connectivity index (χ3n) is 3.97. The number of rotatable bonds is 5. The van der Waals surface area contributed by atoms with Crippen LogP contribution in [0.1, 0.15) is 37.1 Å². The van der Waals surface area contributed by atoms with Crippen LogP contribution < -0.4 is 5.73 Å². The largest absolute Gasteiger partial charge is 0.381 e. The lowest BCUT2D eigenvalue weighted by atomic mass is 9.99. The summed E-state index contributed by atoms with van der Waals surface area (Å²) in [6, 6.07) is 5.39. The van der Waals surface area contributed by atoms with Gasteiger partial charge >= 0.3 is 0 Å². The number of hydrogen-bond acceptors (Lipinski definition) is 4. The first-order chi connectivity index (χ1) is 9.13. The summed E-state index contributed by atoms with van der Waals surface area (Å²) < 4.78 is 6.64. The quantitative estimate of drug-likeness (QED) is 0.887. The van der Waals surface area contributed by atoms with E-state index >= 15 is 0 Å². The van der Waals surface area contributed by atoms with Crippen molar-refractivity contribution in [3.8, 4) is 0 Å². The fraction of sp³-hybridized carbons (Fsp3) is 0.714. The Morgan fingerprint density at radius 3 is 2.68 bits per heavy atom. The average Bonchev–Trinajstić information content (AvgIpc) is 2.86. The molecule has 5 heteroatoms. The fourth-order valence-electron chi connectivity index (χ4n) is 2.74. The van der Waals surface area contributed by atoms with Crippen LogP contribution >= 0.6 is 27.3 Å². The van der Waals surface area contributed by atoms with Crippen LogP contribution in [0.2, 0.25) is 0 Å². The maximum absolute atomic E-state index is 6.38. The second-order valence-corrected chi connectivity index (χ2v) is 7.66. The van der Waals surface area contributed by atoms with Crippen LogP contribution in [0.25, 0.3) is 0 Å². The number of hydrogen-bond donors (Lipinski definition) is 1. The summed E-state index contributed by atoms with van der Waals surface area (Å²) >= 11 is 5.35. The summed E-state index contributed by atoms with van der Waals surface area (Å²) in [5.74, 6) is 0. The van der Waals surface area contributed by atoms with Crippen LogP contribution in [0.3, 0.4) is 0 Å². The minimum atomic E-state index is 0.179. The minimum absolute atomic E-state index is 0.179. The van der Waals surface area contributed by atoms with Gasteiger partial charge in [0.15, 0.2) is 0 Å². The number of nitrogens with two attached hydrogens (primary N) is 1. The lowest BCUT2D eigenvalue weighted by molar-refractivity contribution is 0.0240. The minimum Gasteiger partial charge on any atom is -0.381 e. The van der Waals surface area contributed by atoms with Crippen molar-refractivity contribution in [2.75, 3.05) is 20.3 Å². The van der Waals surface area contributed by atoms with Gasteiger partial charge in [-0.2, -0.15) is 0 Å². The van der Waals surface area contributed by atoms with E-state index in [1.165, 1.54) is 8.66 Å². The number of likely N-dealkylation sites (N-methyl/N-ethyl adjacent to an activating group) is 1. The normalized spacial score (nSPS) is 20.7. The maximum atomic E-state index is 6.38. The summed E-state index contributed by atoms with van der Waals surface area (Å²) in [5, 5.41) is 0. The predicted molar refractivity (Wildman–Crippen MR) is 84.6 cm³/mol. The van der Waals surface area contributed by atoms with E-state index < -0.39 is 0 Å². The molecule has 19 heavy (non-hydrogen) atoms. The van der Waals surface area contributed by atoms with Crippen molar-refractivity contribution in [3.05, 3.63) is 20.8 Å². The van der Waals surface area contributed by atoms with Gasteiger partial charge < -0.3 is 10.5 Å². The third kappa shape index (κ3) is 3.79. The van der Waals surface area contributed by atoms with Gasteiger partial charge in [-0.25, -0.2) is 0 Å². The second kappa shape index (κ2) is 7.18. The van der Waals surface area contributed by atoms with E-state index in [1.54, 1.807) is 11.3 Å². The first-order valence-electron chi connectivity index (χ1n) is 6.94. The fourth-order valence-corrected chi connectivity index (χ4v) is 4.40. The molecule has 1 aliphatic heterocycles. The van der Waals surface area contributed by atoms with Crippen LogP contribution in [0, 0.1) is 0 Å². The number of nitrogens with zero attached hydrogens (tertiary/aromatic N) is 1. The number of ether oxygens (including phenoxy) is 1. The summed E-state index contributed by atoms with van der Waals surface area (Å²) in [5.41, 5.74) is 6.38. The van der Waals surface area contributed by atoms with Crippen molar-refractivity contribution in [2.45, 2.75) is 44.3 Å². The van der Waals surface area contributed by atoms with Crippen LogP contribution in [0.15, 0.2) is 15.9 Å². The number of thiophene rings is 1. The van der Waals surface area contributed by atoms with Gasteiger partial charge in [0.25, 0.3) is 0 Å². The first-order valence-corrected chi connectivity index (χ1v) is 8.55. The second-order valence-electron chi connectivity index (χ2n) is 5.17. The zero-order chi connectivity index (χ0) is 13.8. The molecule has 0 bridgehead atoms. The molecule has 3 nitrogen and oxygen atoms in total. The van der Waals surface area contributed by atoms with E-state index in [0.29, 0.717) is 12.1 Å². The molecule has 1 aliphatic rings.